The lowest BCUT2D eigenvalue weighted by atomic mass is 10.1. The minimum Gasteiger partial charge on any atom is -0.481 e. The molecule has 1 saturated heterocycles. The van der Waals surface area contributed by atoms with Crippen LogP contribution in [-0.4, -0.2) is 98.4 Å². The fourth-order valence-electron chi connectivity index (χ4n) is 2.82. The van der Waals surface area contributed by atoms with Crippen molar-refractivity contribution in [1.82, 2.24) is 15.5 Å². The highest BCUT2D eigenvalue weighted by atomic mass is 16.4. The smallest absolute Gasteiger partial charge is 0.326 e. The van der Waals surface area contributed by atoms with Gasteiger partial charge in [-0.25, -0.2) is 4.79 Å². The Morgan fingerprint density at radius 1 is 1.14 bits per heavy atom. The van der Waals surface area contributed by atoms with Gasteiger partial charge in [-0.1, -0.05) is 0 Å². The molecule has 5 atom stereocenters. The number of nitrogens with one attached hydrogen (secondary N) is 2. The third-order valence-corrected chi connectivity index (χ3v) is 4.45. The molecule has 0 aromatic heterocycles. The first-order chi connectivity index (χ1) is 13.5. The van der Waals surface area contributed by atoms with E-state index >= 15 is 0 Å². The van der Waals surface area contributed by atoms with Gasteiger partial charge in [0.15, 0.2) is 0 Å². The summed E-state index contributed by atoms with van der Waals surface area (Å²) in [5, 5.41) is 40.9. The summed E-state index contributed by atoms with van der Waals surface area (Å²) in [6.07, 6.45) is -1.44. The van der Waals surface area contributed by atoms with Crippen LogP contribution in [0.5, 0.6) is 0 Å². The topological polar surface area (TPSA) is 220 Å². The second kappa shape index (κ2) is 10.7. The zero-order chi connectivity index (χ0) is 22.3. The quantitative estimate of drug-likeness (QED) is 0.183. The Morgan fingerprint density at radius 2 is 1.76 bits per heavy atom. The predicted molar refractivity (Wildman–Crippen MR) is 95.2 cm³/mol. The van der Waals surface area contributed by atoms with E-state index in [1.165, 1.54) is 6.92 Å². The van der Waals surface area contributed by atoms with Gasteiger partial charge in [0, 0.05) is 6.54 Å². The van der Waals surface area contributed by atoms with Crippen molar-refractivity contribution in [2.24, 2.45) is 5.73 Å². The van der Waals surface area contributed by atoms with E-state index in [-0.39, 0.29) is 13.0 Å². The van der Waals surface area contributed by atoms with Crippen LogP contribution in [0, 0.1) is 0 Å². The van der Waals surface area contributed by atoms with Crippen LogP contribution in [0.3, 0.4) is 0 Å². The molecule has 13 nitrogen and oxygen atoms in total. The summed E-state index contributed by atoms with van der Waals surface area (Å²) < 4.78 is 0. The number of amides is 3. The maximum atomic E-state index is 12.7. The van der Waals surface area contributed by atoms with Crippen LogP contribution in [0.2, 0.25) is 0 Å². The standard InChI is InChI=1S/C16H26N4O9/c1-7(22)12(17)14(26)19-9(6-21)15(27)20-4-2-3-10(20)13(25)18-8(16(28)29)5-11(23)24/h7-10,12,21-22H,2-6,17H2,1H3,(H,18,25)(H,19,26)(H,23,24)(H,28,29). The largest absolute Gasteiger partial charge is 0.481 e. The zero-order valence-electron chi connectivity index (χ0n) is 15.8. The number of carboxylic acids is 2. The number of aliphatic hydroxyl groups excluding tert-OH is 2. The van der Waals surface area contributed by atoms with E-state index in [2.05, 4.69) is 10.6 Å². The molecule has 0 aliphatic carbocycles. The number of nitrogens with zero attached hydrogens (tertiary/aromatic N) is 1. The molecule has 13 heteroatoms. The van der Waals surface area contributed by atoms with Crippen LogP contribution in [0.15, 0.2) is 0 Å². The molecule has 1 aliphatic heterocycles. The van der Waals surface area contributed by atoms with Gasteiger partial charge < -0.3 is 41.7 Å². The first-order valence-corrected chi connectivity index (χ1v) is 8.89. The van der Waals surface area contributed by atoms with Crippen LogP contribution in [0.1, 0.15) is 26.2 Å². The second-order valence-corrected chi connectivity index (χ2v) is 6.70. The number of aliphatic hydroxyl groups is 2. The maximum absolute atomic E-state index is 12.7. The molecule has 0 spiro atoms. The van der Waals surface area contributed by atoms with Gasteiger partial charge in [-0.05, 0) is 19.8 Å². The third kappa shape index (κ3) is 6.66. The molecule has 5 unspecified atom stereocenters. The Bertz CT molecular complexity index is 654. The normalized spacial score (nSPS) is 20.3. The number of hydrogen-bond donors (Lipinski definition) is 7. The van der Waals surface area contributed by atoms with Crippen molar-refractivity contribution in [2.75, 3.05) is 13.2 Å². The molecule has 1 rings (SSSR count). The molecule has 1 heterocycles. The van der Waals surface area contributed by atoms with Gasteiger partial charge in [0.25, 0.3) is 0 Å². The monoisotopic (exact) mass is 418 g/mol. The highest BCUT2D eigenvalue weighted by molar-refractivity contribution is 5.95. The average molecular weight is 418 g/mol. The van der Waals surface area contributed by atoms with Crippen molar-refractivity contribution in [3.63, 3.8) is 0 Å². The van der Waals surface area contributed by atoms with E-state index in [0.29, 0.717) is 6.42 Å². The summed E-state index contributed by atoms with van der Waals surface area (Å²) in [4.78, 5) is 60.0. The van der Waals surface area contributed by atoms with Crippen molar-refractivity contribution < 1.29 is 44.4 Å². The van der Waals surface area contributed by atoms with Crippen molar-refractivity contribution >= 4 is 29.7 Å². The molecule has 0 bridgehead atoms. The zero-order valence-corrected chi connectivity index (χ0v) is 15.8. The van der Waals surface area contributed by atoms with Gasteiger partial charge in [-0.2, -0.15) is 0 Å². The van der Waals surface area contributed by atoms with Gasteiger partial charge >= 0.3 is 11.9 Å². The summed E-state index contributed by atoms with van der Waals surface area (Å²) in [6, 6.07) is -5.51. The Morgan fingerprint density at radius 3 is 2.24 bits per heavy atom. The molecule has 8 N–H and O–H groups in total. The molecule has 0 saturated carbocycles. The fraction of sp³-hybridized carbons (Fsp3) is 0.688. The molecule has 3 amide bonds. The highest BCUT2D eigenvalue weighted by Crippen LogP contribution is 2.19. The lowest BCUT2D eigenvalue weighted by Gasteiger charge is -2.29. The van der Waals surface area contributed by atoms with E-state index < -0.39 is 73.0 Å². The van der Waals surface area contributed by atoms with Gasteiger partial charge in [0.2, 0.25) is 17.7 Å². The van der Waals surface area contributed by atoms with Crippen LogP contribution >= 0.6 is 0 Å². The SMILES string of the molecule is CC(O)C(N)C(=O)NC(CO)C(=O)N1CCCC1C(=O)NC(CC(=O)O)C(=O)O. The number of rotatable bonds is 10. The summed E-state index contributed by atoms with van der Waals surface area (Å²) in [5.41, 5.74) is 5.48. The first kappa shape index (κ1) is 24.3. The minimum atomic E-state index is -1.67. The van der Waals surface area contributed by atoms with E-state index in [0.717, 1.165) is 4.90 Å². The van der Waals surface area contributed by atoms with Crippen molar-refractivity contribution in [3.05, 3.63) is 0 Å². The number of carbonyl (C=O) groups is 5. The molecular weight excluding hydrogens is 392 g/mol. The third-order valence-electron chi connectivity index (χ3n) is 4.45. The van der Waals surface area contributed by atoms with E-state index in [1.807, 2.05) is 0 Å². The molecular formula is C16H26N4O9. The van der Waals surface area contributed by atoms with Crippen LogP contribution < -0.4 is 16.4 Å². The van der Waals surface area contributed by atoms with Crippen LogP contribution in [0.25, 0.3) is 0 Å². The molecule has 1 fully saturated rings. The van der Waals surface area contributed by atoms with Gasteiger partial charge in [0.05, 0.1) is 19.1 Å². The summed E-state index contributed by atoms with van der Waals surface area (Å²) >= 11 is 0. The molecule has 0 radical (unpaired) electrons. The lowest BCUT2D eigenvalue weighted by molar-refractivity contribution is -0.148. The van der Waals surface area contributed by atoms with Gasteiger partial charge in [-0.3, -0.25) is 19.2 Å². The Hall–Kier alpha value is -2.77. The summed E-state index contributed by atoms with van der Waals surface area (Å²) in [5.74, 6) is -5.48. The molecule has 29 heavy (non-hydrogen) atoms. The van der Waals surface area contributed by atoms with Crippen molar-refractivity contribution in [1.29, 1.82) is 0 Å². The van der Waals surface area contributed by atoms with E-state index in [1.54, 1.807) is 0 Å². The van der Waals surface area contributed by atoms with E-state index in [4.69, 9.17) is 15.9 Å². The van der Waals surface area contributed by atoms with Gasteiger partial charge in [0.1, 0.15) is 24.2 Å². The van der Waals surface area contributed by atoms with Gasteiger partial charge in [-0.15, -0.1) is 0 Å². The number of aliphatic carboxylic acids is 2. The first-order valence-electron chi connectivity index (χ1n) is 8.89. The number of likely N-dealkylation sites (tertiary alicyclic amines) is 1. The Labute approximate surface area is 165 Å². The summed E-state index contributed by atoms with van der Waals surface area (Å²) in [7, 11) is 0. The predicted octanol–water partition coefficient (Wildman–Crippen LogP) is -3.79. The summed E-state index contributed by atoms with van der Waals surface area (Å²) in [6.45, 7) is 0.595. The lowest BCUT2D eigenvalue weighted by Crippen LogP contribution is -2.58. The fourth-order valence-corrected chi connectivity index (χ4v) is 2.82. The van der Waals surface area contributed by atoms with Crippen molar-refractivity contribution in [2.45, 2.75) is 56.5 Å². The molecule has 1 aliphatic rings. The molecule has 0 aromatic carbocycles. The Kier molecular flexibility index (Phi) is 8.94. The number of carbonyl (C=O) groups excluding carboxylic acids is 3. The van der Waals surface area contributed by atoms with Crippen molar-refractivity contribution in [3.8, 4) is 0 Å². The minimum absolute atomic E-state index is 0.114. The second-order valence-electron chi connectivity index (χ2n) is 6.70. The Balaban J connectivity index is 2.86. The average Bonchev–Trinajstić information content (AvgIpc) is 3.13. The van der Waals surface area contributed by atoms with Crippen LogP contribution in [0.4, 0.5) is 0 Å². The number of nitrogens with two attached hydrogens (primary N) is 1. The van der Waals surface area contributed by atoms with Crippen LogP contribution in [-0.2, 0) is 24.0 Å². The van der Waals surface area contributed by atoms with E-state index in [9.17, 15) is 34.2 Å². The highest BCUT2D eigenvalue weighted by Gasteiger charge is 2.39. The number of carboxylic acid groups (broad SMARTS) is 2. The maximum Gasteiger partial charge on any atom is 0.326 e. The number of hydrogen-bond acceptors (Lipinski definition) is 8. The molecule has 164 valence electrons. The molecule has 0 aromatic rings.